The van der Waals surface area contributed by atoms with Crippen LogP contribution in [0.4, 0.5) is 0 Å². The molecule has 5 heteroatoms. The van der Waals surface area contributed by atoms with Gasteiger partial charge in [-0.15, -0.1) is 0 Å². The minimum atomic E-state index is 0.648. The Balaban J connectivity index is 2.06. The molecule has 0 radical (unpaired) electrons. The molecule has 0 spiro atoms. The lowest BCUT2D eigenvalue weighted by Crippen LogP contribution is -1.97. The third-order valence-corrected chi connectivity index (χ3v) is 3.30. The summed E-state index contributed by atoms with van der Waals surface area (Å²) in [5.41, 5.74) is 2.17. The minimum absolute atomic E-state index is 0.648. The molecule has 0 aliphatic heterocycles. The maximum atomic E-state index is 6.13. The van der Waals surface area contributed by atoms with Crippen LogP contribution < -0.4 is 0 Å². The molecule has 3 rings (SSSR count). The number of hydrogen-bond donors (Lipinski definition) is 2. The van der Waals surface area contributed by atoms with Gasteiger partial charge in [0.25, 0.3) is 0 Å². The first-order chi connectivity index (χ1) is 8.24. The second-order valence-electron chi connectivity index (χ2n) is 3.88. The third kappa shape index (κ3) is 1.90. The second-order valence-corrected chi connectivity index (χ2v) is 4.70. The summed E-state index contributed by atoms with van der Waals surface area (Å²) in [6.45, 7) is 0.747. The van der Waals surface area contributed by atoms with E-state index in [0.29, 0.717) is 4.77 Å². The van der Waals surface area contributed by atoms with Gasteiger partial charge < -0.3 is 14.5 Å². The minimum Gasteiger partial charge on any atom is -0.341 e. The molecule has 0 saturated heterocycles. The highest BCUT2D eigenvalue weighted by molar-refractivity contribution is 7.71. The predicted octanol–water partition coefficient (Wildman–Crippen LogP) is 3.73. The molecule has 86 valence electrons. The van der Waals surface area contributed by atoms with Crippen LogP contribution in [0, 0.1) is 4.77 Å². The summed E-state index contributed by atoms with van der Waals surface area (Å²) < 4.78 is 2.78. The Hall–Kier alpha value is -1.52. The fourth-order valence-electron chi connectivity index (χ4n) is 1.96. The number of nitrogens with zero attached hydrogens (tertiary/aromatic N) is 1. The van der Waals surface area contributed by atoms with Crippen LogP contribution in [0.15, 0.2) is 36.7 Å². The average Bonchev–Trinajstić information content (AvgIpc) is 2.88. The molecule has 1 aromatic carbocycles. The Morgan fingerprint density at radius 3 is 2.94 bits per heavy atom. The Morgan fingerprint density at radius 2 is 2.18 bits per heavy atom. The van der Waals surface area contributed by atoms with Crippen molar-refractivity contribution in [1.82, 2.24) is 14.5 Å². The molecule has 0 unspecified atom stereocenters. The molecule has 0 atom stereocenters. The van der Waals surface area contributed by atoms with Crippen molar-refractivity contribution in [2.75, 3.05) is 0 Å². The van der Waals surface area contributed by atoms with Gasteiger partial charge in [0.05, 0.1) is 12.2 Å². The zero-order valence-corrected chi connectivity index (χ0v) is 10.5. The summed E-state index contributed by atoms with van der Waals surface area (Å²) in [6, 6.07) is 7.94. The number of imidazole rings is 1. The number of rotatable bonds is 2. The van der Waals surface area contributed by atoms with Crippen molar-refractivity contribution in [3.05, 3.63) is 52.1 Å². The summed E-state index contributed by atoms with van der Waals surface area (Å²) in [7, 11) is 0. The average molecular weight is 264 g/mol. The molecular weight excluding hydrogens is 254 g/mol. The Bertz CT molecular complexity index is 723. The number of benzene rings is 1. The second kappa shape index (κ2) is 4.05. The van der Waals surface area contributed by atoms with Gasteiger partial charge in [-0.2, -0.15) is 0 Å². The van der Waals surface area contributed by atoms with E-state index in [-0.39, 0.29) is 0 Å². The highest BCUT2D eigenvalue weighted by Crippen LogP contribution is 2.24. The van der Waals surface area contributed by atoms with Gasteiger partial charge >= 0.3 is 0 Å². The van der Waals surface area contributed by atoms with Crippen LogP contribution in [0.3, 0.4) is 0 Å². The lowest BCUT2D eigenvalue weighted by molar-refractivity contribution is 0.813. The fourth-order valence-corrected chi connectivity index (χ4v) is 2.39. The number of aromatic amines is 2. The highest BCUT2D eigenvalue weighted by Gasteiger charge is 2.04. The van der Waals surface area contributed by atoms with Crippen LogP contribution in [0.5, 0.6) is 0 Å². The SMILES string of the molecule is S=c1[nH]cc(Cn2ccc3c(Cl)cccc32)[nH]1. The number of halogens is 1. The molecule has 3 nitrogen and oxygen atoms in total. The molecular formula is C12H10ClN3S. The number of H-pyrrole nitrogens is 2. The van der Waals surface area contributed by atoms with Crippen molar-refractivity contribution < 1.29 is 0 Å². The largest absolute Gasteiger partial charge is 0.341 e. The van der Waals surface area contributed by atoms with Crippen LogP contribution >= 0.6 is 23.8 Å². The Morgan fingerprint density at radius 1 is 1.29 bits per heavy atom. The van der Waals surface area contributed by atoms with Gasteiger partial charge in [-0.3, -0.25) is 0 Å². The standard InChI is InChI=1S/C12H10ClN3S/c13-10-2-1-3-11-9(10)4-5-16(11)7-8-6-14-12(17)15-8/h1-6H,7H2,(H2,14,15,17). The van der Waals surface area contributed by atoms with E-state index in [1.54, 1.807) is 0 Å². The molecule has 3 aromatic rings. The van der Waals surface area contributed by atoms with Crippen molar-refractivity contribution in [3.63, 3.8) is 0 Å². The molecule has 2 N–H and O–H groups in total. The van der Waals surface area contributed by atoms with Crippen molar-refractivity contribution in [2.45, 2.75) is 6.54 Å². The lowest BCUT2D eigenvalue weighted by atomic mass is 10.2. The molecule has 0 aliphatic rings. The van der Waals surface area contributed by atoms with Crippen molar-refractivity contribution in [3.8, 4) is 0 Å². The van der Waals surface area contributed by atoms with Gasteiger partial charge in [-0.1, -0.05) is 17.7 Å². The van der Waals surface area contributed by atoms with Crippen molar-refractivity contribution >= 4 is 34.7 Å². The fraction of sp³-hybridized carbons (Fsp3) is 0.0833. The molecule has 2 heterocycles. The Kier molecular flexibility index (Phi) is 2.53. The molecule has 17 heavy (non-hydrogen) atoms. The smallest absolute Gasteiger partial charge is 0.174 e. The van der Waals surface area contributed by atoms with Crippen LogP contribution in [0.25, 0.3) is 10.9 Å². The summed E-state index contributed by atoms with van der Waals surface area (Å²) in [4.78, 5) is 6.06. The van der Waals surface area contributed by atoms with Crippen LogP contribution in [-0.2, 0) is 6.54 Å². The van der Waals surface area contributed by atoms with E-state index < -0.39 is 0 Å². The van der Waals surface area contributed by atoms with Gasteiger partial charge in [0.2, 0.25) is 0 Å². The summed E-state index contributed by atoms with van der Waals surface area (Å²) >= 11 is 11.1. The highest BCUT2D eigenvalue weighted by atomic mass is 35.5. The number of aromatic nitrogens is 3. The van der Waals surface area contributed by atoms with Gasteiger partial charge in [-0.25, -0.2) is 0 Å². The van der Waals surface area contributed by atoms with Gasteiger partial charge in [-0.05, 0) is 30.4 Å². The number of nitrogens with one attached hydrogen (secondary N) is 2. The van der Waals surface area contributed by atoms with Crippen LogP contribution in [0.1, 0.15) is 5.69 Å². The first-order valence-electron chi connectivity index (χ1n) is 5.24. The first kappa shape index (κ1) is 10.6. The van der Waals surface area contributed by atoms with Gasteiger partial charge in [0.1, 0.15) is 0 Å². The van der Waals surface area contributed by atoms with E-state index in [0.717, 1.165) is 28.2 Å². The molecule has 0 saturated carbocycles. The van der Waals surface area contributed by atoms with Crippen LogP contribution in [-0.4, -0.2) is 14.5 Å². The molecule has 0 amide bonds. The molecule has 2 aromatic heterocycles. The van der Waals surface area contributed by atoms with Crippen molar-refractivity contribution in [2.24, 2.45) is 0 Å². The van der Waals surface area contributed by atoms with Crippen molar-refractivity contribution in [1.29, 1.82) is 0 Å². The normalized spacial score (nSPS) is 11.1. The van der Waals surface area contributed by atoms with E-state index in [4.69, 9.17) is 23.8 Å². The zero-order valence-electron chi connectivity index (χ0n) is 8.90. The molecule has 0 fully saturated rings. The zero-order chi connectivity index (χ0) is 11.8. The summed E-state index contributed by atoms with van der Waals surface area (Å²) in [6.07, 6.45) is 3.92. The summed E-state index contributed by atoms with van der Waals surface area (Å²) in [5, 5.41) is 1.85. The van der Waals surface area contributed by atoms with E-state index >= 15 is 0 Å². The molecule has 0 aliphatic carbocycles. The number of fused-ring (bicyclic) bond motifs is 1. The Labute approximate surface area is 108 Å². The number of hydrogen-bond acceptors (Lipinski definition) is 1. The van der Waals surface area contributed by atoms with E-state index in [9.17, 15) is 0 Å². The third-order valence-electron chi connectivity index (χ3n) is 2.75. The molecule has 0 bridgehead atoms. The lowest BCUT2D eigenvalue weighted by Gasteiger charge is -2.03. The predicted molar refractivity (Wildman–Crippen MR) is 72.0 cm³/mol. The van der Waals surface area contributed by atoms with Crippen LogP contribution in [0.2, 0.25) is 5.02 Å². The van der Waals surface area contributed by atoms with Gasteiger partial charge in [0, 0.05) is 28.3 Å². The van der Waals surface area contributed by atoms with E-state index in [1.165, 1.54) is 0 Å². The maximum Gasteiger partial charge on any atom is 0.174 e. The topological polar surface area (TPSA) is 36.5 Å². The quantitative estimate of drug-likeness (QED) is 0.679. The maximum absolute atomic E-state index is 6.13. The van der Waals surface area contributed by atoms with E-state index in [1.807, 2.05) is 30.6 Å². The van der Waals surface area contributed by atoms with E-state index in [2.05, 4.69) is 20.6 Å². The monoisotopic (exact) mass is 263 g/mol. The van der Waals surface area contributed by atoms with Gasteiger partial charge in [0.15, 0.2) is 4.77 Å². The summed E-state index contributed by atoms with van der Waals surface area (Å²) in [5.74, 6) is 0. The first-order valence-corrected chi connectivity index (χ1v) is 6.02.